The van der Waals surface area contributed by atoms with E-state index in [-0.39, 0.29) is 0 Å². The van der Waals surface area contributed by atoms with Crippen LogP contribution in [-0.2, 0) is 10.8 Å². The lowest BCUT2D eigenvalue weighted by Gasteiger charge is -2.32. The highest BCUT2D eigenvalue weighted by Crippen LogP contribution is 2.35. The van der Waals surface area contributed by atoms with Gasteiger partial charge in [-0.05, 0) is 42.0 Å². The highest BCUT2D eigenvalue weighted by Gasteiger charge is 2.30. The Labute approximate surface area is 119 Å². The van der Waals surface area contributed by atoms with Crippen molar-refractivity contribution in [2.45, 2.75) is 51.0 Å². The van der Waals surface area contributed by atoms with Gasteiger partial charge in [-0.3, -0.25) is 4.21 Å². The summed E-state index contributed by atoms with van der Waals surface area (Å²) in [6, 6.07) is 6.83. The Morgan fingerprint density at radius 1 is 1.42 bits per heavy atom. The molecule has 2 nitrogen and oxygen atoms in total. The number of rotatable bonds is 4. The van der Waals surface area contributed by atoms with Crippen LogP contribution < -0.4 is 5.32 Å². The van der Waals surface area contributed by atoms with Gasteiger partial charge in [0, 0.05) is 16.7 Å². The molecular formula is C16H25NOS. The molecule has 0 aliphatic carbocycles. The second-order valence-electron chi connectivity index (χ2n) is 5.87. The maximum Gasteiger partial charge on any atom is 0.0536 e. The van der Waals surface area contributed by atoms with Crippen molar-refractivity contribution >= 4 is 10.8 Å². The predicted molar refractivity (Wildman–Crippen MR) is 82.0 cm³/mol. The van der Waals surface area contributed by atoms with Gasteiger partial charge in [0.1, 0.15) is 0 Å². The molecule has 1 N–H and O–H groups in total. The number of hydrogen-bond acceptors (Lipinski definition) is 2. The molecule has 0 aromatic heterocycles. The Morgan fingerprint density at radius 2 is 2.16 bits per heavy atom. The molecule has 106 valence electrons. The van der Waals surface area contributed by atoms with Crippen LogP contribution in [0.3, 0.4) is 0 Å². The molecule has 1 aliphatic rings. The van der Waals surface area contributed by atoms with Crippen LogP contribution in [0.15, 0.2) is 23.1 Å². The first kappa shape index (κ1) is 14.7. The molecule has 1 aromatic carbocycles. The molecule has 0 spiro atoms. The molecule has 0 amide bonds. The number of fused-ring (bicyclic) bond motifs is 1. The molecule has 3 heteroatoms. The summed E-state index contributed by atoms with van der Waals surface area (Å²) < 4.78 is 12.3. The van der Waals surface area contributed by atoms with Crippen molar-refractivity contribution in [1.82, 2.24) is 5.32 Å². The zero-order chi connectivity index (χ0) is 14.0. The van der Waals surface area contributed by atoms with Gasteiger partial charge in [-0.1, -0.05) is 39.8 Å². The van der Waals surface area contributed by atoms with Gasteiger partial charge in [-0.2, -0.15) is 0 Å². The largest absolute Gasteiger partial charge is 0.310 e. The third-order valence-corrected chi connectivity index (χ3v) is 5.57. The Hall–Kier alpha value is -0.670. The fourth-order valence-electron chi connectivity index (χ4n) is 2.72. The van der Waals surface area contributed by atoms with Gasteiger partial charge >= 0.3 is 0 Å². The van der Waals surface area contributed by atoms with Gasteiger partial charge in [0.2, 0.25) is 0 Å². The second kappa shape index (κ2) is 6.19. The van der Waals surface area contributed by atoms with E-state index in [9.17, 15) is 4.21 Å². The van der Waals surface area contributed by atoms with Crippen LogP contribution in [0.4, 0.5) is 0 Å². The predicted octanol–water partition coefficient (Wildman–Crippen LogP) is 3.61. The molecule has 0 radical (unpaired) electrons. The highest BCUT2D eigenvalue weighted by molar-refractivity contribution is 7.85. The van der Waals surface area contributed by atoms with E-state index in [0.29, 0.717) is 17.9 Å². The van der Waals surface area contributed by atoms with E-state index in [2.05, 4.69) is 51.2 Å². The van der Waals surface area contributed by atoms with Crippen molar-refractivity contribution in [2.75, 3.05) is 12.3 Å². The SMILES string of the molecule is CCCNC1c2cc(C(C)C)ccc2S(=O)CC1C. The summed E-state index contributed by atoms with van der Waals surface area (Å²) in [6.45, 7) is 9.83. The van der Waals surface area contributed by atoms with Crippen molar-refractivity contribution < 1.29 is 4.21 Å². The molecule has 19 heavy (non-hydrogen) atoms. The van der Waals surface area contributed by atoms with Gasteiger partial charge in [-0.15, -0.1) is 0 Å². The monoisotopic (exact) mass is 279 g/mol. The summed E-state index contributed by atoms with van der Waals surface area (Å²) in [5.74, 6) is 1.72. The third kappa shape index (κ3) is 3.09. The van der Waals surface area contributed by atoms with Crippen LogP contribution in [-0.4, -0.2) is 16.5 Å². The number of nitrogens with one attached hydrogen (secondary N) is 1. The molecule has 1 aromatic rings. The summed E-state index contributed by atoms with van der Waals surface area (Å²) in [7, 11) is -0.833. The Balaban J connectivity index is 2.40. The maximum absolute atomic E-state index is 12.3. The average Bonchev–Trinajstić information content (AvgIpc) is 2.37. The summed E-state index contributed by atoms with van der Waals surface area (Å²) in [5, 5.41) is 3.63. The van der Waals surface area contributed by atoms with Crippen molar-refractivity contribution in [3.05, 3.63) is 29.3 Å². The first-order valence-corrected chi connectivity index (χ1v) is 8.62. The minimum absolute atomic E-state index is 0.353. The molecule has 0 bridgehead atoms. The van der Waals surface area contributed by atoms with Crippen molar-refractivity contribution in [1.29, 1.82) is 0 Å². The quantitative estimate of drug-likeness (QED) is 0.912. The Morgan fingerprint density at radius 3 is 2.79 bits per heavy atom. The van der Waals surface area contributed by atoms with E-state index in [1.165, 1.54) is 11.1 Å². The van der Waals surface area contributed by atoms with E-state index in [1.807, 2.05) is 0 Å². The summed E-state index contributed by atoms with van der Waals surface area (Å²) in [4.78, 5) is 1.04. The zero-order valence-corrected chi connectivity index (χ0v) is 13.2. The standard InChI is InChI=1S/C16H25NOS/c1-5-8-17-16-12(4)10-19(18)15-7-6-13(11(2)3)9-14(15)16/h6-7,9,11-12,16-17H,5,8,10H2,1-4H3. The van der Waals surface area contributed by atoms with Crippen molar-refractivity contribution in [3.63, 3.8) is 0 Å². The minimum Gasteiger partial charge on any atom is -0.310 e. The van der Waals surface area contributed by atoms with Crippen LogP contribution in [0.2, 0.25) is 0 Å². The number of benzene rings is 1. The number of hydrogen-bond donors (Lipinski definition) is 1. The van der Waals surface area contributed by atoms with Gasteiger partial charge in [0.15, 0.2) is 0 Å². The van der Waals surface area contributed by atoms with E-state index in [4.69, 9.17) is 0 Å². The minimum atomic E-state index is -0.833. The van der Waals surface area contributed by atoms with Crippen molar-refractivity contribution in [2.24, 2.45) is 5.92 Å². The smallest absolute Gasteiger partial charge is 0.0536 e. The molecule has 2 rings (SSSR count). The van der Waals surface area contributed by atoms with Crippen LogP contribution in [0.25, 0.3) is 0 Å². The lowest BCUT2D eigenvalue weighted by atomic mass is 9.91. The maximum atomic E-state index is 12.3. The fourth-order valence-corrected chi connectivity index (χ4v) is 4.24. The van der Waals surface area contributed by atoms with Crippen LogP contribution in [0.5, 0.6) is 0 Å². The third-order valence-electron chi connectivity index (χ3n) is 3.88. The lowest BCUT2D eigenvalue weighted by molar-refractivity contribution is 0.402. The summed E-state index contributed by atoms with van der Waals surface area (Å²) >= 11 is 0. The highest BCUT2D eigenvalue weighted by atomic mass is 32.2. The van der Waals surface area contributed by atoms with E-state index in [1.54, 1.807) is 0 Å². The lowest BCUT2D eigenvalue weighted by Crippen LogP contribution is -2.34. The Kier molecular flexibility index (Phi) is 4.80. The first-order chi connectivity index (χ1) is 9.04. The van der Waals surface area contributed by atoms with E-state index >= 15 is 0 Å². The van der Waals surface area contributed by atoms with Gasteiger partial charge < -0.3 is 5.32 Å². The molecule has 0 saturated carbocycles. The molecule has 0 saturated heterocycles. The van der Waals surface area contributed by atoms with Crippen LogP contribution >= 0.6 is 0 Å². The average molecular weight is 279 g/mol. The van der Waals surface area contributed by atoms with Gasteiger partial charge in [-0.25, -0.2) is 0 Å². The molecule has 1 heterocycles. The van der Waals surface area contributed by atoms with E-state index in [0.717, 1.165) is 23.6 Å². The second-order valence-corrected chi connectivity index (χ2v) is 7.34. The fraction of sp³-hybridized carbons (Fsp3) is 0.625. The van der Waals surface area contributed by atoms with Gasteiger partial charge in [0.05, 0.1) is 10.8 Å². The summed E-state index contributed by atoms with van der Waals surface area (Å²) in [5.41, 5.74) is 2.60. The van der Waals surface area contributed by atoms with E-state index < -0.39 is 10.8 Å². The normalized spacial score (nSPS) is 26.5. The zero-order valence-electron chi connectivity index (χ0n) is 12.4. The molecule has 3 unspecified atom stereocenters. The first-order valence-electron chi connectivity index (χ1n) is 7.30. The summed E-state index contributed by atoms with van der Waals surface area (Å²) in [6.07, 6.45) is 1.13. The topological polar surface area (TPSA) is 29.1 Å². The molecule has 3 atom stereocenters. The molecule has 1 aliphatic heterocycles. The van der Waals surface area contributed by atoms with Gasteiger partial charge in [0.25, 0.3) is 0 Å². The van der Waals surface area contributed by atoms with Crippen molar-refractivity contribution in [3.8, 4) is 0 Å². The Bertz CT molecular complexity index is 470. The van der Waals surface area contributed by atoms with Crippen LogP contribution in [0.1, 0.15) is 57.2 Å². The molecular weight excluding hydrogens is 254 g/mol. The van der Waals surface area contributed by atoms with Crippen LogP contribution in [0, 0.1) is 5.92 Å². The molecule has 0 fully saturated rings.